The van der Waals surface area contributed by atoms with Gasteiger partial charge in [0.1, 0.15) is 0 Å². The number of hydrogen-bond donors (Lipinski definition) is 0. The van der Waals surface area contributed by atoms with Gasteiger partial charge in [-0.15, -0.1) is 11.6 Å². The van der Waals surface area contributed by atoms with Crippen molar-refractivity contribution in [1.82, 2.24) is 4.98 Å². The Labute approximate surface area is 99.0 Å². The van der Waals surface area contributed by atoms with E-state index < -0.39 is 0 Å². The second-order valence-corrected chi connectivity index (χ2v) is 4.30. The summed E-state index contributed by atoms with van der Waals surface area (Å²) in [6.07, 6.45) is 0. The molecule has 15 heavy (non-hydrogen) atoms. The lowest BCUT2D eigenvalue weighted by molar-refractivity contribution is 1.21. The summed E-state index contributed by atoms with van der Waals surface area (Å²) >= 11 is 12.0. The fourth-order valence-corrected chi connectivity index (χ4v) is 2.10. The Morgan fingerprint density at radius 2 is 2.00 bits per heavy atom. The van der Waals surface area contributed by atoms with Gasteiger partial charge in [0.05, 0.1) is 5.52 Å². The molecule has 1 aromatic heterocycles. The van der Waals surface area contributed by atoms with Gasteiger partial charge in [0.2, 0.25) is 0 Å². The Morgan fingerprint density at radius 1 is 1.27 bits per heavy atom. The number of nitrogens with zero attached hydrogens (tertiary/aromatic N) is 1. The molecule has 1 heterocycles. The van der Waals surface area contributed by atoms with Crippen LogP contribution < -0.4 is 0 Å². The van der Waals surface area contributed by atoms with Crippen molar-refractivity contribution in [2.45, 2.75) is 19.7 Å². The van der Waals surface area contributed by atoms with Crippen LogP contribution in [0.4, 0.5) is 0 Å². The largest absolute Gasteiger partial charge is 0.253 e. The van der Waals surface area contributed by atoms with E-state index in [9.17, 15) is 0 Å². The van der Waals surface area contributed by atoms with Crippen LogP contribution in [0.1, 0.15) is 16.8 Å². The Bertz CT molecular complexity index is 521. The summed E-state index contributed by atoms with van der Waals surface area (Å²) in [4.78, 5) is 4.50. The summed E-state index contributed by atoms with van der Waals surface area (Å²) in [5, 5.41) is 1.85. The number of pyridine rings is 1. The number of aryl methyl sites for hydroxylation is 2. The van der Waals surface area contributed by atoms with Crippen LogP contribution in [0.2, 0.25) is 5.02 Å². The Morgan fingerprint density at radius 3 is 2.67 bits per heavy atom. The van der Waals surface area contributed by atoms with Crippen LogP contribution in [0.15, 0.2) is 18.2 Å². The molecular formula is C12H11Cl2N. The Balaban J connectivity index is 2.89. The molecule has 0 amide bonds. The van der Waals surface area contributed by atoms with Gasteiger partial charge in [-0.25, -0.2) is 0 Å². The highest BCUT2D eigenvalue weighted by atomic mass is 35.5. The van der Waals surface area contributed by atoms with E-state index in [0.29, 0.717) is 5.88 Å². The molecule has 0 aliphatic rings. The molecular weight excluding hydrogens is 229 g/mol. The van der Waals surface area contributed by atoms with Crippen molar-refractivity contribution in [3.05, 3.63) is 40.0 Å². The van der Waals surface area contributed by atoms with Gasteiger partial charge >= 0.3 is 0 Å². The topological polar surface area (TPSA) is 12.9 Å². The minimum atomic E-state index is 0.501. The highest BCUT2D eigenvalue weighted by Gasteiger charge is 2.07. The maximum absolute atomic E-state index is 6.06. The third-order valence-electron chi connectivity index (χ3n) is 2.53. The SMILES string of the molecule is Cc1cc(CCl)c2ccc(Cl)c(C)c2n1. The van der Waals surface area contributed by atoms with Crippen molar-refractivity contribution in [2.75, 3.05) is 0 Å². The van der Waals surface area contributed by atoms with Gasteiger partial charge in [0.25, 0.3) is 0 Å². The molecule has 0 fully saturated rings. The number of fused-ring (bicyclic) bond motifs is 1. The zero-order valence-electron chi connectivity index (χ0n) is 8.64. The summed E-state index contributed by atoms with van der Waals surface area (Å²) in [6, 6.07) is 5.89. The summed E-state index contributed by atoms with van der Waals surface area (Å²) in [5.41, 5.74) is 4.06. The summed E-state index contributed by atoms with van der Waals surface area (Å²) in [7, 11) is 0. The maximum Gasteiger partial charge on any atom is 0.0752 e. The number of aromatic nitrogens is 1. The van der Waals surface area contributed by atoms with E-state index in [1.807, 2.05) is 32.0 Å². The summed E-state index contributed by atoms with van der Waals surface area (Å²) < 4.78 is 0. The highest BCUT2D eigenvalue weighted by Crippen LogP contribution is 2.27. The molecule has 2 aromatic rings. The monoisotopic (exact) mass is 239 g/mol. The van der Waals surface area contributed by atoms with Crippen molar-refractivity contribution >= 4 is 34.1 Å². The zero-order chi connectivity index (χ0) is 11.0. The van der Waals surface area contributed by atoms with E-state index >= 15 is 0 Å². The number of benzene rings is 1. The van der Waals surface area contributed by atoms with Crippen molar-refractivity contribution in [3.8, 4) is 0 Å². The first-order chi connectivity index (χ1) is 7.13. The van der Waals surface area contributed by atoms with Gasteiger partial charge in [0.15, 0.2) is 0 Å². The van der Waals surface area contributed by atoms with Gasteiger partial charge in [-0.05, 0) is 37.1 Å². The van der Waals surface area contributed by atoms with Gasteiger partial charge in [0, 0.05) is 22.0 Å². The first kappa shape index (κ1) is 10.7. The Hall–Kier alpha value is -0.790. The fraction of sp³-hybridized carbons (Fsp3) is 0.250. The first-order valence-electron chi connectivity index (χ1n) is 4.75. The standard InChI is InChI=1S/C12H11Cl2N/c1-7-5-9(6-13)10-3-4-11(14)8(2)12(10)15-7/h3-5H,6H2,1-2H3. The molecule has 0 spiro atoms. The first-order valence-corrected chi connectivity index (χ1v) is 5.66. The highest BCUT2D eigenvalue weighted by molar-refractivity contribution is 6.32. The van der Waals surface area contributed by atoms with E-state index in [2.05, 4.69) is 4.98 Å². The van der Waals surface area contributed by atoms with Crippen LogP contribution in [-0.4, -0.2) is 4.98 Å². The van der Waals surface area contributed by atoms with Crippen LogP contribution in [0.25, 0.3) is 10.9 Å². The second kappa shape index (κ2) is 3.99. The molecule has 2 rings (SSSR count). The predicted octanol–water partition coefficient (Wildman–Crippen LogP) is 4.24. The molecule has 0 N–H and O–H groups in total. The summed E-state index contributed by atoms with van der Waals surface area (Å²) in [6.45, 7) is 3.95. The van der Waals surface area contributed by atoms with Crippen molar-refractivity contribution in [3.63, 3.8) is 0 Å². The van der Waals surface area contributed by atoms with Gasteiger partial charge < -0.3 is 0 Å². The lowest BCUT2D eigenvalue weighted by Gasteiger charge is -2.08. The number of rotatable bonds is 1. The van der Waals surface area contributed by atoms with Crippen molar-refractivity contribution in [1.29, 1.82) is 0 Å². The number of hydrogen-bond acceptors (Lipinski definition) is 1. The van der Waals surface area contributed by atoms with E-state index in [1.54, 1.807) is 0 Å². The smallest absolute Gasteiger partial charge is 0.0752 e. The third-order valence-corrected chi connectivity index (χ3v) is 3.22. The van der Waals surface area contributed by atoms with Crippen LogP contribution in [0.3, 0.4) is 0 Å². The molecule has 3 heteroatoms. The average Bonchev–Trinajstić information content (AvgIpc) is 2.23. The van der Waals surface area contributed by atoms with Crippen LogP contribution in [0.5, 0.6) is 0 Å². The van der Waals surface area contributed by atoms with Gasteiger partial charge in [-0.2, -0.15) is 0 Å². The lowest BCUT2D eigenvalue weighted by atomic mass is 10.1. The fourth-order valence-electron chi connectivity index (χ4n) is 1.73. The van der Waals surface area contributed by atoms with E-state index in [4.69, 9.17) is 23.2 Å². The predicted molar refractivity (Wildman–Crippen MR) is 65.8 cm³/mol. The van der Waals surface area contributed by atoms with Crippen molar-refractivity contribution in [2.24, 2.45) is 0 Å². The molecule has 0 saturated carbocycles. The van der Waals surface area contributed by atoms with E-state index in [1.165, 1.54) is 0 Å². The third kappa shape index (κ3) is 1.82. The van der Waals surface area contributed by atoms with Crippen LogP contribution >= 0.6 is 23.2 Å². The molecule has 0 unspecified atom stereocenters. The maximum atomic E-state index is 6.06. The molecule has 1 nitrogen and oxygen atoms in total. The Kier molecular flexibility index (Phi) is 2.85. The molecule has 78 valence electrons. The minimum Gasteiger partial charge on any atom is -0.253 e. The lowest BCUT2D eigenvalue weighted by Crippen LogP contribution is -1.92. The minimum absolute atomic E-state index is 0.501. The second-order valence-electron chi connectivity index (χ2n) is 3.62. The van der Waals surface area contributed by atoms with Crippen LogP contribution in [0, 0.1) is 13.8 Å². The zero-order valence-corrected chi connectivity index (χ0v) is 10.2. The van der Waals surface area contributed by atoms with E-state index in [0.717, 1.165) is 32.7 Å². The normalized spacial score (nSPS) is 10.9. The molecule has 0 bridgehead atoms. The molecule has 0 atom stereocenters. The molecule has 0 saturated heterocycles. The van der Waals surface area contributed by atoms with Gasteiger partial charge in [-0.1, -0.05) is 17.7 Å². The quantitative estimate of drug-likeness (QED) is 0.679. The average molecular weight is 240 g/mol. The van der Waals surface area contributed by atoms with E-state index in [-0.39, 0.29) is 0 Å². The van der Waals surface area contributed by atoms with Crippen LogP contribution in [-0.2, 0) is 5.88 Å². The van der Waals surface area contributed by atoms with Gasteiger partial charge in [-0.3, -0.25) is 4.98 Å². The molecule has 0 aliphatic heterocycles. The number of alkyl halides is 1. The van der Waals surface area contributed by atoms with Crippen molar-refractivity contribution < 1.29 is 0 Å². The molecule has 0 aliphatic carbocycles. The molecule has 0 radical (unpaired) electrons. The molecule has 1 aromatic carbocycles. The summed E-state index contributed by atoms with van der Waals surface area (Å²) in [5.74, 6) is 0.501. The number of halogens is 2.